The number of rotatable bonds is 9. The third-order valence-electron chi connectivity index (χ3n) is 5.92. The summed E-state index contributed by atoms with van der Waals surface area (Å²) in [5.41, 5.74) is 4.41. The molecule has 0 atom stereocenters. The van der Waals surface area contributed by atoms with Crippen molar-refractivity contribution in [2.24, 2.45) is 16.2 Å². The first-order valence-electron chi connectivity index (χ1n) is 12.2. The van der Waals surface area contributed by atoms with Gasteiger partial charge in [0.2, 0.25) is 0 Å². The van der Waals surface area contributed by atoms with E-state index in [1.165, 1.54) is 6.20 Å². The monoisotopic (exact) mass is 552 g/mol. The van der Waals surface area contributed by atoms with Crippen molar-refractivity contribution in [3.8, 4) is 22.5 Å². The predicted molar refractivity (Wildman–Crippen MR) is 151 cm³/mol. The van der Waals surface area contributed by atoms with Crippen molar-refractivity contribution in [1.29, 1.82) is 0 Å². The third kappa shape index (κ3) is 6.30. The molecule has 0 saturated heterocycles. The molecule has 12 heteroatoms. The lowest BCUT2D eigenvalue weighted by Crippen LogP contribution is -2.16. The summed E-state index contributed by atoms with van der Waals surface area (Å²) >= 11 is 0. The molecule has 11 nitrogen and oxygen atoms in total. The number of benzene rings is 2. The van der Waals surface area contributed by atoms with Crippen molar-refractivity contribution >= 4 is 32.5 Å². The van der Waals surface area contributed by atoms with Crippen LogP contribution >= 0.6 is 0 Å². The van der Waals surface area contributed by atoms with Crippen molar-refractivity contribution in [3.05, 3.63) is 103 Å². The smallest absolute Gasteiger partial charge is 0.281 e. The maximum absolute atomic E-state index is 12.5. The van der Waals surface area contributed by atoms with Gasteiger partial charge in [-0.3, -0.25) is 14.8 Å². The number of carbonyl (C=O) groups is 1. The van der Waals surface area contributed by atoms with Gasteiger partial charge >= 0.3 is 0 Å². The molecule has 40 heavy (non-hydrogen) atoms. The summed E-state index contributed by atoms with van der Waals surface area (Å²) in [6, 6.07) is 23.1. The Bertz CT molecular complexity index is 1800. The van der Waals surface area contributed by atoms with E-state index in [1.54, 1.807) is 18.5 Å². The van der Waals surface area contributed by atoms with Gasteiger partial charge in [-0.25, -0.2) is 18.4 Å². The molecule has 0 aliphatic carbocycles. The molecule has 2 aromatic carbocycles. The van der Waals surface area contributed by atoms with E-state index in [9.17, 15) is 13.2 Å². The standard InChI is InChI=1S/C28H24N8O3S/c29-36-35-25(37)18-40(38,39)17-19-13-21(15-30-14-19)27-33-24-11-6-10-23(20-7-2-1-3-8-20)26(24)28(34-27)32-16-22-9-4-5-12-31-22/h1-15H,16-18H2,(H2,29,35,37)(H,32,33,34). The molecule has 3 N–H and O–H groups in total. The predicted octanol–water partition coefficient (Wildman–Crippen LogP) is 4.13. The summed E-state index contributed by atoms with van der Waals surface area (Å²) in [6.07, 6.45) is 4.72. The average Bonchev–Trinajstić information content (AvgIpc) is 2.96. The first-order chi connectivity index (χ1) is 19.4. The molecule has 0 spiro atoms. The molecule has 0 bridgehead atoms. The Labute approximate surface area is 230 Å². The minimum absolute atomic E-state index is 0.362. The highest BCUT2D eigenvalue weighted by Gasteiger charge is 2.19. The van der Waals surface area contributed by atoms with Crippen LogP contribution in [0.4, 0.5) is 5.82 Å². The lowest BCUT2D eigenvalue weighted by Gasteiger charge is -2.14. The molecule has 5 aromatic rings. The number of nitrogens with one attached hydrogen (secondary N) is 1. The number of carbonyl (C=O) groups excluding carboxylic acids is 1. The number of nitrogens with zero attached hydrogens (tertiary/aromatic N) is 6. The Balaban J connectivity index is 1.56. The molecule has 200 valence electrons. The number of pyridine rings is 2. The van der Waals surface area contributed by atoms with Crippen molar-refractivity contribution in [2.75, 3.05) is 11.1 Å². The number of sulfone groups is 1. The van der Waals surface area contributed by atoms with Gasteiger partial charge in [0.25, 0.3) is 5.91 Å². The highest BCUT2D eigenvalue weighted by Crippen LogP contribution is 2.34. The molecule has 3 heterocycles. The van der Waals surface area contributed by atoms with Crippen molar-refractivity contribution in [1.82, 2.24) is 19.9 Å². The van der Waals surface area contributed by atoms with E-state index in [-0.39, 0.29) is 0 Å². The van der Waals surface area contributed by atoms with Crippen molar-refractivity contribution < 1.29 is 13.2 Å². The Morgan fingerprint density at radius 2 is 1.75 bits per heavy atom. The lowest BCUT2D eigenvalue weighted by molar-refractivity contribution is -0.116. The fraction of sp³-hybridized carbons (Fsp3) is 0.107. The van der Waals surface area contributed by atoms with Crippen LogP contribution < -0.4 is 11.2 Å². The number of hydrogen-bond acceptors (Lipinski definition) is 9. The Hall–Kier alpha value is -5.10. The quantitative estimate of drug-likeness (QED) is 0.155. The molecular formula is C28H24N8O3S. The van der Waals surface area contributed by atoms with Gasteiger partial charge in [0.15, 0.2) is 15.7 Å². The van der Waals surface area contributed by atoms with Crippen LogP contribution in [0, 0.1) is 0 Å². The molecule has 0 aliphatic heterocycles. The van der Waals surface area contributed by atoms with E-state index < -0.39 is 27.3 Å². The second-order valence-electron chi connectivity index (χ2n) is 8.86. The molecule has 0 aliphatic rings. The first kappa shape index (κ1) is 26.5. The minimum Gasteiger partial charge on any atom is -0.364 e. The number of amides is 1. The Kier molecular flexibility index (Phi) is 7.78. The zero-order chi connectivity index (χ0) is 28.0. The second-order valence-corrected chi connectivity index (χ2v) is 10.9. The molecule has 1 amide bonds. The molecule has 0 fully saturated rings. The molecule has 0 radical (unpaired) electrons. The molecule has 0 saturated carbocycles. The highest BCUT2D eigenvalue weighted by atomic mass is 32.2. The van der Waals surface area contributed by atoms with Crippen LogP contribution in [0.2, 0.25) is 0 Å². The molecule has 0 unspecified atom stereocenters. The van der Waals surface area contributed by atoms with Gasteiger partial charge in [0.1, 0.15) is 11.6 Å². The van der Waals surface area contributed by atoms with Crippen molar-refractivity contribution in [3.63, 3.8) is 0 Å². The van der Waals surface area contributed by atoms with Crippen LogP contribution in [0.15, 0.2) is 102 Å². The van der Waals surface area contributed by atoms with Gasteiger partial charge in [0, 0.05) is 24.2 Å². The van der Waals surface area contributed by atoms with Crippen LogP contribution in [-0.4, -0.2) is 40.0 Å². The van der Waals surface area contributed by atoms with Crippen LogP contribution in [0.1, 0.15) is 11.3 Å². The van der Waals surface area contributed by atoms with E-state index in [1.807, 2.05) is 66.7 Å². The number of fused-ring (bicyclic) bond motifs is 1. The normalized spacial score (nSPS) is 11.6. The summed E-state index contributed by atoms with van der Waals surface area (Å²) in [4.78, 5) is 29.9. The maximum Gasteiger partial charge on any atom is 0.281 e. The van der Waals surface area contributed by atoms with Gasteiger partial charge in [-0.1, -0.05) is 58.9 Å². The van der Waals surface area contributed by atoms with Crippen LogP contribution in [-0.2, 0) is 26.9 Å². The maximum atomic E-state index is 12.5. The fourth-order valence-corrected chi connectivity index (χ4v) is 5.45. The van der Waals surface area contributed by atoms with Crippen LogP contribution in [0.25, 0.3) is 33.4 Å². The van der Waals surface area contributed by atoms with Gasteiger partial charge < -0.3 is 11.2 Å². The van der Waals surface area contributed by atoms with Gasteiger partial charge in [0.05, 0.1) is 28.9 Å². The summed E-state index contributed by atoms with van der Waals surface area (Å²) in [5, 5.41) is 10.2. The Morgan fingerprint density at radius 1 is 0.925 bits per heavy atom. The van der Waals surface area contributed by atoms with E-state index in [2.05, 4.69) is 25.6 Å². The summed E-state index contributed by atoms with van der Waals surface area (Å²) in [6.45, 7) is 0.431. The SMILES string of the molecule is NN=NC(=O)CS(=O)(=O)Cc1cncc(-c2nc(NCc3ccccn3)c3c(-c4ccccc4)cccc3n2)c1. The van der Waals surface area contributed by atoms with E-state index >= 15 is 0 Å². The molecular weight excluding hydrogens is 528 g/mol. The summed E-state index contributed by atoms with van der Waals surface area (Å²) < 4.78 is 25.0. The lowest BCUT2D eigenvalue weighted by atomic mass is 10.0. The van der Waals surface area contributed by atoms with Gasteiger partial charge in [-0.05, 0) is 41.0 Å². The summed E-state index contributed by atoms with van der Waals surface area (Å²) in [5.74, 6) is 3.63. The van der Waals surface area contributed by atoms with Gasteiger partial charge in [-0.15, -0.1) is 0 Å². The number of nitrogens with two attached hydrogens (primary N) is 1. The fourth-order valence-electron chi connectivity index (χ4n) is 4.25. The van der Waals surface area contributed by atoms with E-state index in [4.69, 9.17) is 15.8 Å². The largest absolute Gasteiger partial charge is 0.364 e. The molecule has 3 aromatic heterocycles. The first-order valence-corrected chi connectivity index (χ1v) is 14.0. The second kappa shape index (κ2) is 11.7. The zero-order valence-electron chi connectivity index (χ0n) is 21.2. The molecule has 5 rings (SSSR count). The Morgan fingerprint density at radius 3 is 2.52 bits per heavy atom. The van der Waals surface area contributed by atoms with Crippen molar-refractivity contribution in [2.45, 2.75) is 12.3 Å². The third-order valence-corrected chi connectivity index (χ3v) is 7.38. The summed E-state index contributed by atoms with van der Waals surface area (Å²) in [7, 11) is -3.83. The minimum atomic E-state index is -3.83. The number of aromatic nitrogens is 4. The van der Waals surface area contributed by atoms with Crippen LogP contribution in [0.5, 0.6) is 0 Å². The van der Waals surface area contributed by atoms with E-state index in [0.29, 0.717) is 34.8 Å². The number of anilines is 1. The average molecular weight is 553 g/mol. The van der Waals surface area contributed by atoms with Crippen LogP contribution in [0.3, 0.4) is 0 Å². The topological polar surface area (TPSA) is 166 Å². The highest BCUT2D eigenvalue weighted by molar-refractivity contribution is 7.91. The number of hydrogen-bond donors (Lipinski definition) is 2. The zero-order valence-corrected chi connectivity index (χ0v) is 22.0. The van der Waals surface area contributed by atoms with Gasteiger partial charge in [-0.2, -0.15) is 0 Å². The van der Waals surface area contributed by atoms with E-state index in [0.717, 1.165) is 22.2 Å².